The van der Waals surface area contributed by atoms with Crippen LogP contribution in [0, 0.1) is 5.92 Å². The summed E-state index contributed by atoms with van der Waals surface area (Å²) in [7, 11) is 0. The predicted octanol–water partition coefficient (Wildman–Crippen LogP) is 2.08. The van der Waals surface area contributed by atoms with E-state index in [2.05, 4.69) is 31.8 Å². The van der Waals surface area contributed by atoms with Gasteiger partial charge in [-0.05, 0) is 26.2 Å². The lowest BCUT2D eigenvalue weighted by Gasteiger charge is -1.99. The van der Waals surface area contributed by atoms with Gasteiger partial charge < -0.3 is 5.32 Å². The largest absolute Gasteiger partial charge is 0.388 e. The molecule has 0 radical (unpaired) electrons. The summed E-state index contributed by atoms with van der Waals surface area (Å²) in [5.41, 5.74) is 2.59. The van der Waals surface area contributed by atoms with Crippen LogP contribution in [0.1, 0.15) is 20.3 Å². The molecule has 1 heterocycles. The summed E-state index contributed by atoms with van der Waals surface area (Å²) >= 11 is 0. The lowest BCUT2D eigenvalue weighted by molar-refractivity contribution is 0.723. The van der Waals surface area contributed by atoms with Crippen molar-refractivity contribution in [1.82, 2.24) is 5.32 Å². The third-order valence-corrected chi connectivity index (χ3v) is 1.69. The van der Waals surface area contributed by atoms with Crippen molar-refractivity contribution >= 4 is 0 Å². The molecule has 1 aliphatic heterocycles. The van der Waals surface area contributed by atoms with Gasteiger partial charge in [-0.2, -0.15) is 0 Å². The molecule has 1 atom stereocenters. The van der Waals surface area contributed by atoms with E-state index in [1.165, 1.54) is 11.3 Å². The maximum atomic E-state index is 3.87. The molecule has 10 heavy (non-hydrogen) atoms. The van der Waals surface area contributed by atoms with Crippen LogP contribution < -0.4 is 5.32 Å². The Bertz CT molecular complexity index is 164. The minimum absolute atomic E-state index is 0.692. The Morgan fingerprint density at radius 1 is 1.70 bits per heavy atom. The number of nitrogens with one attached hydrogen (secondary N) is 1. The summed E-state index contributed by atoms with van der Waals surface area (Å²) in [5.74, 6) is 0.692. The third-order valence-electron chi connectivity index (χ3n) is 1.69. The molecule has 1 saturated heterocycles. The third kappa shape index (κ3) is 1.90. The van der Waals surface area contributed by atoms with Crippen molar-refractivity contribution in [2.75, 3.05) is 6.54 Å². The predicted molar refractivity (Wildman–Crippen MR) is 44.7 cm³/mol. The Balaban J connectivity index is 2.46. The van der Waals surface area contributed by atoms with E-state index in [0.29, 0.717) is 5.92 Å². The Morgan fingerprint density at radius 3 is 2.80 bits per heavy atom. The van der Waals surface area contributed by atoms with Gasteiger partial charge in [0.15, 0.2) is 0 Å². The monoisotopic (exact) mass is 137 g/mol. The summed E-state index contributed by atoms with van der Waals surface area (Å²) in [6.07, 6.45) is 3.43. The van der Waals surface area contributed by atoms with Crippen molar-refractivity contribution < 1.29 is 0 Å². The quantitative estimate of drug-likeness (QED) is 0.545. The van der Waals surface area contributed by atoms with Crippen molar-refractivity contribution in [3.63, 3.8) is 0 Å². The fraction of sp³-hybridized carbons (Fsp3) is 0.556. The van der Waals surface area contributed by atoms with Crippen LogP contribution in [0.25, 0.3) is 0 Å². The second-order valence-electron chi connectivity index (χ2n) is 3.19. The van der Waals surface area contributed by atoms with Gasteiger partial charge in [0.25, 0.3) is 0 Å². The van der Waals surface area contributed by atoms with Crippen LogP contribution in [0.3, 0.4) is 0 Å². The highest BCUT2D eigenvalue weighted by Crippen LogP contribution is 2.17. The first-order valence-corrected chi connectivity index (χ1v) is 3.75. The molecule has 1 heteroatoms. The molecule has 0 aromatic carbocycles. The summed E-state index contributed by atoms with van der Waals surface area (Å²) in [6.45, 7) is 9.22. The van der Waals surface area contributed by atoms with Gasteiger partial charge in [0, 0.05) is 12.2 Å². The molecule has 0 spiro atoms. The van der Waals surface area contributed by atoms with Crippen molar-refractivity contribution in [1.29, 1.82) is 0 Å². The SMILES string of the molecule is C=C1C[C@H](C=C(C)C)CN1. The fourth-order valence-electron chi connectivity index (χ4n) is 1.33. The number of allylic oxidation sites excluding steroid dienone is 2. The average Bonchev–Trinajstić information content (AvgIpc) is 2.13. The van der Waals surface area contributed by atoms with Crippen LogP contribution in [-0.2, 0) is 0 Å². The zero-order valence-electron chi connectivity index (χ0n) is 6.78. The van der Waals surface area contributed by atoms with Crippen molar-refractivity contribution in [2.24, 2.45) is 5.92 Å². The van der Waals surface area contributed by atoms with E-state index < -0.39 is 0 Å². The van der Waals surface area contributed by atoms with E-state index >= 15 is 0 Å². The summed E-state index contributed by atoms with van der Waals surface area (Å²) in [6, 6.07) is 0. The van der Waals surface area contributed by atoms with E-state index in [1.807, 2.05) is 0 Å². The Hall–Kier alpha value is -0.720. The second-order valence-corrected chi connectivity index (χ2v) is 3.19. The van der Waals surface area contributed by atoms with Crippen LogP contribution >= 0.6 is 0 Å². The van der Waals surface area contributed by atoms with Gasteiger partial charge in [-0.25, -0.2) is 0 Å². The molecule has 1 rings (SSSR count). The molecule has 1 aliphatic rings. The Labute approximate surface area is 62.8 Å². The normalized spacial score (nSPS) is 24.2. The highest BCUT2D eigenvalue weighted by Gasteiger charge is 2.13. The van der Waals surface area contributed by atoms with Gasteiger partial charge >= 0.3 is 0 Å². The lowest BCUT2D eigenvalue weighted by Crippen LogP contribution is -2.06. The van der Waals surface area contributed by atoms with E-state index in [0.717, 1.165) is 13.0 Å². The smallest absolute Gasteiger partial charge is 0.0210 e. The van der Waals surface area contributed by atoms with Gasteiger partial charge in [0.1, 0.15) is 0 Å². The molecule has 1 N–H and O–H groups in total. The molecule has 0 aliphatic carbocycles. The molecule has 1 nitrogen and oxygen atoms in total. The van der Waals surface area contributed by atoms with E-state index in [-0.39, 0.29) is 0 Å². The Kier molecular flexibility index (Phi) is 2.15. The first-order chi connectivity index (χ1) is 4.68. The van der Waals surface area contributed by atoms with Crippen molar-refractivity contribution in [2.45, 2.75) is 20.3 Å². The van der Waals surface area contributed by atoms with Gasteiger partial charge in [0.05, 0.1) is 0 Å². The summed E-state index contributed by atoms with van der Waals surface area (Å²) < 4.78 is 0. The summed E-state index contributed by atoms with van der Waals surface area (Å²) in [5, 5.41) is 3.24. The first-order valence-electron chi connectivity index (χ1n) is 3.75. The minimum atomic E-state index is 0.692. The number of hydrogen-bond donors (Lipinski definition) is 1. The zero-order valence-corrected chi connectivity index (χ0v) is 6.78. The molecule has 56 valence electrons. The highest BCUT2D eigenvalue weighted by molar-refractivity contribution is 5.09. The average molecular weight is 137 g/mol. The maximum Gasteiger partial charge on any atom is 0.0210 e. The number of hydrogen-bond acceptors (Lipinski definition) is 1. The Morgan fingerprint density at radius 2 is 2.40 bits per heavy atom. The van der Waals surface area contributed by atoms with E-state index in [9.17, 15) is 0 Å². The van der Waals surface area contributed by atoms with Gasteiger partial charge in [-0.15, -0.1) is 0 Å². The maximum absolute atomic E-state index is 3.87. The second kappa shape index (κ2) is 2.91. The molecular formula is C9H15N. The molecule has 0 bridgehead atoms. The fourth-order valence-corrected chi connectivity index (χ4v) is 1.33. The number of rotatable bonds is 1. The van der Waals surface area contributed by atoms with Gasteiger partial charge in [0.2, 0.25) is 0 Å². The van der Waals surface area contributed by atoms with Crippen molar-refractivity contribution in [3.05, 3.63) is 23.9 Å². The summed E-state index contributed by atoms with van der Waals surface area (Å²) in [4.78, 5) is 0. The first kappa shape index (κ1) is 7.39. The molecule has 0 aromatic rings. The van der Waals surface area contributed by atoms with Crippen molar-refractivity contribution in [3.8, 4) is 0 Å². The topological polar surface area (TPSA) is 12.0 Å². The highest BCUT2D eigenvalue weighted by atomic mass is 14.9. The minimum Gasteiger partial charge on any atom is -0.388 e. The lowest BCUT2D eigenvalue weighted by atomic mass is 10.1. The molecule has 1 fully saturated rings. The molecule has 0 saturated carbocycles. The molecule has 0 unspecified atom stereocenters. The van der Waals surface area contributed by atoms with Crippen LogP contribution in [-0.4, -0.2) is 6.54 Å². The molecule has 0 amide bonds. The van der Waals surface area contributed by atoms with Crippen LogP contribution in [0.15, 0.2) is 23.9 Å². The van der Waals surface area contributed by atoms with Gasteiger partial charge in [-0.1, -0.05) is 18.2 Å². The van der Waals surface area contributed by atoms with Crippen LogP contribution in [0.2, 0.25) is 0 Å². The van der Waals surface area contributed by atoms with E-state index in [1.54, 1.807) is 0 Å². The molecular weight excluding hydrogens is 122 g/mol. The molecule has 0 aromatic heterocycles. The van der Waals surface area contributed by atoms with Crippen LogP contribution in [0.5, 0.6) is 0 Å². The zero-order chi connectivity index (χ0) is 7.56. The standard InChI is InChI=1S/C9H15N/c1-7(2)4-9-5-8(3)10-6-9/h4,9-10H,3,5-6H2,1-2H3/t9-/m0/s1. The van der Waals surface area contributed by atoms with E-state index in [4.69, 9.17) is 0 Å². The van der Waals surface area contributed by atoms with Crippen LogP contribution in [0.4, 0.5) is 0 Å². The van der Waals surface area contributed by atoms with Gasteiger partial charge in [-0.3, -0.25) is 0 Å².